The Morgan fingerprint density at radius 3 is 2.43 bits per heavy atom. The van der Waals surface area contributed by atoms with Crippen molar-refractivity contribution in [3.63, 3.8) is 0 Å². The van der Waals surface area contributed by atoms with Gasteiger partial charge in [0.15, 0.2) is 0 Å². The van der Waals surface area contributed by atoms with Crippen LogP contribution in [0, 0.1) is 0 Å². The molecular formula is C22H30ClNO3S3. The number of nitrogens with zero attached hydrogens (tertiary/aromatic N) is 1. The van der Waals surface area contributed by atoms with Gasteiger partial charge in [0.25, 0.3) is 10.0 Å². The molecule has 0 aliphatic rings. The highest BCUT2D eigenvalue weighted by Crippen LogP contribution is 2.39. The van der Waals surface area contributed by atoms with Crippen LogP contribution in [0.1, 0.15) is 57.6 Å². The van der Waals surface area contributed by atoms with E-state index in [1.54, 1.807) is 36.0 Å². The normalized spacial score (nSPS) is 12.7. The third-order valence-electron chi connectivity index (χ3n) is 4.71. The maximum atomic E-state index is 14.0. The molecule has 0 fully saturated rings. The highest BCUT2D eigenvalue weighted by Gasteiger charge is 2.31. The molecule has 2 aromatic rings. The quantitative estimate of drug-likeness (QED) is 0.282. The minimum atomic E-state index is -3.89. The monoisotopic (exact) mass is 487 g/mol. The Morgan fingerprint density at radius 1 is 1.10 bits per heavy atom. The summed E-state index contributed by atoms with van der Waals surface area (Å²) >= 11 is 9.00. The number of aliphatic hydroxyl groups is 1. The summed E-state index contributed by atoms with van der Waals surface area (Å²) in [6, 6.07) is 10.7. The third kappa shape index (κ3) is 5.88. The van der Waals surface area contributed by atoms with E-state index in [0.29, 0.717) is 26.9 Å². The van der Waals surface area contributed by atoms with E-state index < -0.39 is 10.0 Å². The fourth-order valence-corrected chi connectivity index (χ4v) is 7.35. The van der Waals surface area contributed by atoms with Gasteiger partial charge in [-0.25, -0.2) is 12.1 Å². The lowest BCUT2D eigenvalue weighted by molar-refractivity contribution is 0.282. The van der Waals surface area contributed by atoms with E-state index in [4.69, 9.17) is 11.6 Å². The summed E-state index contributed by atoms with van der Waals surface area (Å²) in [5.41, 5.74) is 1.75. The minimum absolute atomic E-state index is 0.116. The van der Waals surface area contributed by atoms with Gasteiger partial charge in [-0.3, -0.25) is 0 Å². The van der Waals surface area contributed by atoms with Crippen molar-refractivity contribution in [2.24, 2.45) is 0 Å². The lowest BCUT2D eigenvalue weighted by atomic mass is 9.97. The maximum Gasteiger partial charge on any atom is 0.274 e. The molecule has 1 atom stereocenters. The van der Waals surface area contributed by atoms with E-state index in [0.717, 1.165) is 29.1 Å². The van der Waals surface area contributed by atoms with Gasteiger partial charge in [0.05, 0.1) is 17.2 Å². The van der Waals surface area contributed by atoms with Crippen molar-refractivity contribution in [3.05, 3.63) is 52.5 Å². The zero-order chi connectivity index (χ0) is 22.3. The molecule has 0 unspecified atom stereocenters. The van der Waals surface area contributed by atoms with E-state index >= 15 is 0 Å². The van der Waals surface area contributed by atoms with Gasteiger partial charge < -0.3 is 5.11 Å². The van der Waals surface area contributed by atoms with Gasteiger partial charge in [-0.2, -0.15) is 0 Å². The first-order valence-electron chi connectivity index (χ1n) is 10.1. The summed E-state index contributed by atoms with van der Waals surface area (Å²) in [4.78, 5) is 1.25. The van der Waals surface area contributed by atoms with Crippen LogP contribution in [-0.2, 0) is 16.6 Å². The average Bonchev–Trinajstić information content (AvgIpc) is 2.72. The summed E-state index contributed by atoms with van der Waals surface area (Å²) in [6.07, 6.45) is 1.88. The van der Waals surface area contributed by atoms with Gasteiger partial charge in [-0.1, -0.05) is 57.8 Å². The molecule has 166 valence electrons. The van der Waals surface area contributed by atoms with Crippen LogP contribution in [0.5, 0.6) is 0 Å². The van der Waals surface area contributed by atoms with Gasteiger partial charge in [-0.15, -0.1) is 11.8 Å². The first kappa shape index (κ1) is 25.4. The number of thioether (sulfide) groups is 1. The topological polar surface area (TPSA) is 57.6 Å². The van der Waals surface area contributed by atoms with E-state index in [1.165, 1.54) is 15.7 Å². The van der Waals surface area contributed by atoms with Crippen LogP contribution >= 0.6 is 35.3 Å². The van der Waals surface area contributed by atoms with Crippen LogP contribution in [0.2, 0.25) is 5.02 Å². The smallest absolute Gasteiger partial charge is 0.274 e. The molecule has 0 amide bonds. The maximum absolute atomic E-state index is 14.0. The average molecular weight is 488 g/mol. The van der Waals surface area contributed by atoms with Gasteiger partial charge >= 0.3 is 0 Å². The van der Waals surface area contributed by atoms with Crippen LogP contribution < -0.4 is 3.71 Å². The first-order chi connectivity index (χ1) is 14.3. The standard InChI is InChI=1S/C22H30ClNO3S3/c1-5-8-16(4)20-12-11-19(28-6-2)14-22(20)30(26,27)24(29-7-3)21-13-18(23)10-9-17(21)15-25/h9-14,16,25H,5-8,15H2,1-4H3/t16-/m1/s1. The van der Waals surface area contributed by atoms with Crippen molar-refractivity contribution in [3.8, 4) is 0 Å². The third-order valence-corrected chi connectivity index (χ3v) is 8.95. The molecule has 0 heterocycles. The predicted octanol–water partition coefficient (Wildman–Crippen LogP) is 6.71. The second-order valence-electron chi connectivity index (χ2n) is 6.90. The number of benzene rings is 2. The molecule has 8 heteroatoms. The molecule has 0 saturated carbocycles. The lowest BCUT2D eigenvalue weighted by Crippen LogP contribution is -2.27. The molecule has 30 heavy (non-hydrogen) atoms. The number of anilines is 1. The highest BCUT2D eigenvalue weighted by atomic mass is 35.5. The van der Waals surface area contributed by atoms with Gasteiger partial charge in [-0.05, 0) is 59.9 Å². The molecular weight excluding hydrogens is 458 g/mol. The second kappa shape index (κ2) is 11.7. The van der Waals surface area contributed by atoms with Crippen molar-refractivity contribution in [2.75, 3.05) is 15.2 Å². The van der Waals surface area contributed by atoms with Crippen LogP contribution in [0.3, 0.4) is 0 Å². The summed E-state index contributed by atoms with van der Waals surface area (Å²) in [6.45, 7) is 7.85. The Morgan fingerprint density at radius 2 is 1.83 bits per heavy atom. The Labute approximate surface area is 194 Å². The van der Waals surface area contributed by atoms with Crippen LogP contribution in [0.4, 0.5) is 5.69 Å². The van der Waals surface area contributed by atoms with E-state index in [1.807, 2.05) is 26.0 Å². The van der Waals surface area contributed by atoms with Crippen molar-refractivity contribution in [1.82, 2.24) is 0 Å². The number of hydrogen-bond donors (Lipinski definition) is 1. The molecule has 4 nitrogen and oxygen atoms in total. The second-order valence-corrected chi connectivity index (χ2v) is 11.9. The molecule has 0 aliphatic heterocycles. The first-order valence-corrected chi connectivity index (χ1v) is 13.9. The SMILES string of the molecule is CCC[C@@H](C)c1ccc(SCC)cc1S(=O)(=O)N(SCC)c1cc(Cl)ccc1CO. The fourth-order valence-electron chi connectivity index (χ4n) is 3.31. The molecule has 2 rings (SSSR count). The van der Waals surface area contributed by atoms with Gasteiger partial charge in [0, 0.05) is 21.2 Å². The Hall–Kier alpha value is -0.860. The largest absolute Gasteiger partial charge is 0.392 e. The fraction of sp³-hybridized carbons (Fsp3) is 0.455. The Balaban J connectivity index is 2.71. The number of rotatable bonds is 11. The summed E-state index contributed by atoms with van der Waals surface area (Å²) in [5.74, 6) is 1.53. The predicted molar refractivity (Wildman–Crippen MR) is 131 cm³/mol. The van der Waals surface area contributed by atoms with Crippen LogP contribution in [0.15, 0.2) is 46.2 Å². The van der Waals surface area contributed by atoms with Crippen LogP contribution in [-0.4, -0.2) is 25.0 Å². The van der Waals surface area contributed by atoms with Crippen molar-refractivity contribution < 1.29 is 13.5 Å². The molecule has 0 bridgehead atoms. The summed E-state index contributed by atoms with van der Waals surface area (Å²) in [5, 5.41) is 10.2. The van der Waals surface area contributed by atoms with Crippen molar-refractivity contribution in [2.45, 2.75) is 62.9 Å². The van der Waals surface area contributed by atoms with Gasteiger partial charge in [0.2, 0.25) is 0 Å². The molecule has 0 radical (unpaired) electrons. The van der Waals surface area contributed by atoms with E-state index in [9.17, 15) is 13.5 Å². The van der Waals surface area contributed by atoms with E-state index in [2.05, 4.69) is 13.8 Å². The molecule has 2 aromatic carbocycles. The zero-order valence-corrected chi connectivity index (χ0v) is 21.1. The summed E-state index contributed by atoms with van der Waals surface area (Å²) in [7, 11) is -3.89. The minimum Gasteiger partial charge on any atom is -0.392 e. The van der Waals surface area contributed by atoms with Crippen molar-refractivity contribution >= 4 is 51.0 Å². The zero-order valence-electron chi connectivity index (χ0n) is 17.9. The highest BCUT2D eigenvalue weighted by molar-refractivity contribution is 8.14. The van der Waals surface area contributed by atoms with Gasteiger partial charge in [0.1, 0.15) is 0 Å². The molecule has 0 saturated heterocycles. The Bertz CT molecular complexity index is 951. The molecule has 0 aromatic heterocycles. The molecule has 0 aliphatic carbocycles. The summed E-state index contributed by atoms with van der Waals surface area (Å²) < 4.78 is 29.2. The van der Waals surface area contributed by atoms with Crippen molar-refractivity contribution in [1.29, 1.82) is 0 Å². The van der Waals surface area contributed by atoms with E-state index in [-0.39, 0.29) is 12.5 Å². The number of sulfonamides is 1. The molecule has 1 N–H and O–H groups in total. The number of hydrogen-bond acceptors (Lipinski definition) is 5. The number of aliphatic hydroxyl groups excluding tert-OH is 1. The lowest BCUT2D eigenvalue weighted by Gasteiger charge is -2.27. The van der Waals surface area contributed by atoms with Crippen LogP contribution in [0.25, 0.3) is 0 Å². The Kier molecular flexibility index (Phi) is 9.88. The number of halogens is 1. The molecule has 0 spiro atoms.